The van der Waals surface area contributed by atoms with Gasteiger partial charge in [-0.15, -0.1) is 0 Å². The van der Waals surface area contributed by atoms with Crippen LogP contribution in [0, 0.1) is 10.1 Å². The Morgan fingerprint density at radius 1 is 1.39 bits per heavy atom. The van der Waals surface area contributed by atoms with Gasteiger partial charge in [0.25, 0.3) is 0 Å². The van der Waals surface area contributed by atoms with E-state index in [4.69, 9.17) is 0 Å². The lowest BCUT2D eigenvalue weighted by atomic mass is 10.1. The number of hydrogen-bond donors (Lipinski definition) is 1. The van der Waals surface area contributed by atoms with Crippen molar-refractivity contribution in [2.24, 2.45) is 0 Å². The maximum absolute atomic E-state index is 10.6. The standard InChI is InChI=1S/C13H14N2O2S/c1-10(12-5-3-2-4-6-12)14-8-11-7-13(15(16)17)18-9-11/h2-7,9-10,14H,8H2,1H3. The minimum atomic E-state index is -0.352. The first-order valence-corrected chi connectivity index (χ1v) is 6.55. The molecule has 18 heavy (non-hydrogen) atoms. The number of nitrogens with zero attached hydrogens (tertiary/aromatic N) is 1. The Balaban J connectivity index is 1.93. The highest BCUT2D eigenvalue weighted by atomic mass is 32.1. The van der Waals surface area contributed by atoms with Gasteiger partial charge < -0.3 is 5.32 Å². The number of rotatable bonds is 5. The SMILES string of the molecule is CC(NCc1csc([N+](=O)[O-])c1)c1ccccc1. The largest absolute Gasteiger partial charge is 0.324 e. The van der Waals surface area contributed by atoms with Crippen LogP contribution in [-0.4, -0.2) is 4.92 Å². The molecule has 1 N–H and O–H groups in total. The highest BCUT2D eigenvalue weighted by Crippen LogP contribution is 2.23. The zero-order chi connectivity index (χ0) is 13.0. The van der Waals surface area contributed by atoms with Crippen LogP contribution < -0.4 is 5.32 Å². The van der Waals surface area contributed by atoms with Crippen LogP contribution in [0.1, 0.15) is 24.1 Å². The van der Waals surface area contributed by atoms with Crippen LogP contribution in [0.25, 0.3) is 0 Å². The van der Waals surface area contributed by atoms with Crippen molar-refractivity contribution in [1.29, 1.82) is 0 Å². The van der Waals surface area contributed by atoms with E-state index in [2.05, 4.69) is 24.4 Å². The van der Waals surface area contributed by atoms with Gasteiger partial charge in [0.05, 0.1) is 4.92 Å². The average Bonchev–Trinajstić information content (AvgIpc) is 2.86. The third-order valence-electron chi connectivity index (χ3n) is 2.73. The van der Waals surface area contributed by atoms with E-state index in [0.717, 1.165) is 5.56 Å². The summed E-state index contributed by atoms with van der Waals surface area (Å²) in [6, 6.07) is 12.0. The summed E-state index contributed by atoms with van der Waals surface area (Å²) in [6.07, 6.45) is 0. The van der Waals surface area contributed by atoms with Gasteiger partial charge in [0.1, 0.15) is 0 Å². The number of nitro groups is 1. The molecular formula is C13H14N2O2S. The molecule has 1 heterocycles. The van der Waals surface area contributed by atoms with Crippen LogP contribution in [0.3, 0.4) is 0 Å². The molecule has 1 aromatic carbocycles. The fraction of sp³-hybridized carbons (Fsp3) is 0.231. The van der Waals surface area contributed by atoms with Gasteiger partial charge in [0, 0.05) is 24.0 Å². The van der Waals surface area contributed by atoms with Gasteiger partial charge in [-0.2, -0.15) is 0 Å². The minimum Gasteiger partial charge on any atom is -0.306 e. The van der Waals surface area contributed by atoms with Crippen LogP contribution >= 0.6 is 11.3 Å². The second kappa shape index (κ2) is 5.75. The molecule has 0 aliphatic rings. The molecule has 2 rings (SSSR count). The Hall–Kier alpha value is -1.72. The Labute approximate surface area is 109 Å². The van der Waals surface area contributed by atoms with E-state index in [-0.39, 0.29) is 16.0 Å². The van der Waals surface area contributed by atoms with Crippen molar-refractivity contribution < 1.29 is 4.92 Å². The molecule has 1 aromatic heterocycles. The minimum absolute atomic E-state index is 0.194. The maximum atomic E-state index is 10.6. The van der Waals surface area contributed by atoms with Crippen molar-refractivity contribution in [3.05, 3.63) is 63.0 Å². The van der Waals surface area contributed by atoms with Crippen molar-refractivity contribution in [1.82, 2.24) is 5.32 Å². The third kappa shape index (κ3) is 3.15. The summed E-state index contributed by atoms with van der Waals surface area (Å²) in [5, 5.41) is 15.9. The first kappa shape index (κ1) is 12.7. The molecule has 0 spiro atoms. The monoisotopic (exact) mass is 262 g/mol. The van der Waals surface area contributed by atoms with E-state index < -0.39 is 0 Å². The number of benzene rings is 1. The molecule has 0 aliphatic carbocycles. The zero-order valence-corrected chi connectivity index (χ0v) is 10.8. The zero-order valence-electron chi connectivity index (χ0n) is 10.00. The van der Waals surface area contributed by atoms with Crippen LogP contribution in [0.15, 0.2) is 41.8 Å². The van der Waals surface area contributed by atoms with E-state index in [0.29, 0.717) is 6.54 Å². The highest BCUT2D eigenvalue weighted by molar-refractivity contribution is 7.13. The molecule has 4 nitrogen and oxygen atoms in total. The van der Waals surface area contributed by atoms with Gasteiger partial charge >= 0.3 is 5.00 Å². The van der Waals surface area contributed by atoms with E-state index in [1.165, 1.54) is 16.9 Å². The second-order valence-electron chi connectivity index (χ2n) is 4.06. The summed E-state index contributed by atoms with van der Waals surface area (Å²) in [6.45, 7) is 2.72. The third-order valence-corrected chi connectivity index (χ3v) is 3.66. The molecule has 94 valence electrons. The van der Waals surface area contributed by atoms with E-state index in [9.17, 15) is 10.1 Å². The first-order chi connectivity index (χ1) is 8.66. The molecule has 0 fully saturated rings. The van der Waals surface area contributed by atoms with Crippen molar-refractivity contribution in [3.63, 3.8) is 0 Å². The molecule has 0 amide bonds. The molecule has 0 saturated carbocycles. The summed E-state index contributed by atoms with van der Waals surface area (Å²) in [5.74, 6) is 0. The lowest BCUT2D eigenvalue weighted by molar-refractivity contribution is -0.380. The average molecular weight is 262 g/mol. The fourth-order valence-electron chi connectivity index (χ4n) is 1.68. The van der Waals surface area contributed by atoms with Crippen LogP contribution in [0.2, 0.25) is 0 Å². The van der Waals surface area contributed by atoms with Crippen molar-refractivity contribution >= 4 is 16.3 Å². The lowest BCUT2D eigenvalue weighted by Gasteiger charge is -2.13. The van der Waals surface area contributed by atoms with Gasteiger partial charge in [-0.1, -0.05) is 41.7 Å². The summed E-state index contributed by atoms with van der Waals surface area (Å²) in [5.41, 5.74) is 2.16. The summed E-state index contributed by atoms with van der Waals surface area (Å²) < 4.78 is 0. The van der Waals surface area contributed by atoms with Gasteiger partial charge in [0.15, 0.2) is 0 Å². The predicted octanol–water partition coefficient (Wildman–Crippen LogP) is 3.51. The molecule has 2 aromatic rings. The van der Waals surface area contributed by atoms with E-state index in [1.807, 2.05) is 23.6 Å². The van der Waals surface area contributed by atoms with Gasteiger partial charge in [0.2, 0.25) is 0 Å². The Kier molecular flexibility index (Phi) is 4.07. The number of hydrogen-bond acceptors (Lipinski definition) is 4. The van der Waals surface area contributed by atoms with Gasteiger partial charge in [-0.05, 0) is 18.1 Å². The molecule has 0 bridgehead atoms. The predicted molar refractivity (Wildman–Crippen MR) is 72.7 cm³/mol. The number of thiophene rings is 1. The van der Waals surface area contributed by atoms with Crippen LogP contribution in [-0.2, 0) is 6.54 Å². The van der Waals surface area contributed by atoms with Crippen molar-refractivity contribution in [2.45, 2.75) is 19.5 Å². The first-order valence-electron chi connectivity index (χ1n) is 5.67. The lowest BCUT2D eigenvalue weighted by Crippen LogP contribution is -2.17. The fourth-order valence-corrected chi connectivity index (χ4v) is 2.41. The van der Waals surface area contributed by atoms with Gasteiger partial charge in [-0.3, -0.25) is 10.1 Å². The summed E-state index contributed by atoms with van der Waals surface area (Å²) in [4.78, 5) is 10.2. The summed E-state index contributed by atoms with van der Waals surface area (Å²) >= 11 is 1.17. The molecule has 0 aliphatic heterocycles. The quantitative estimate of drug-likeness (QED) is 0.662. The smallest absolute Gasteiger partial charge is 0.306 e. The maximum Gasteiger partial charge on any atom is 0.324 e. The Bertz CT molecular complexity index is 525. The topological polar surface area (TPSA) is 55.2 Å². The van der Waals surface area contributed by atoms with Crippen molar-refractivity contribution in [3.8, 4) is 0 Å². The van der Waals surface area contributed by atoms with Crippen LogP contribution in [0.5, 0.6) is 0 Å². The molecular weight excluding hydrogens is 248 g/mol. The van der Waals surface area contributed by atoms with Gasteiger partial charge in [-0.25, -0.2) is 0 Å². The van der Waals surface area contributed by atoms with E-state index >= 15 is 0 Å². The normalized spacial score (nSPS) is 12.3. The molecule has 1 unspecified atom stereocenters. The van der Waals surface area contributed by atoms with Crippen LogP contribution in [0.4, 0.5) is 5.00 Å². The Morgan fingerprint density at radius 2 is 2.11 bits per heavy atom. The van der Waals surface area contributed by atoms with E-state index in [1.54, 1.807) is 6.07 Å². The molecule has 1 atom stereocenters. The number of nitrogens with one attached hydrogen (secondary N) is 1. The Morgan fingerprint density at radius 3 is 2.72 bits per heavy atom. The molecule has 0 saturated heterocycles. The second-order valence-corrected chi connectivity index (χ2v) is 4.95. The molecule has 5 heteroatoms. The van der Waals surface area contributed by atoms with Crippen molar-refractivity contribution in [2.75, 3.05) is 0 Å². The summed E-state index contributed by atoms with van der Waals surface area (Å²) in [7, 11) is 0. The molecule has 0 radical (unpaired) electrons. The highest BCUT2D eigenvalue weighted by Gasteiger charge is 2.10.